The van der Waals surface area contributed by atoms with Crippen molar-refractivity contribution in [3.8, 4) is 11.3 Å². The Balaban J connectivity index is 1.75. The predicted molar refractivity (Wildman–Crippen MR) is 107 cm³/mol. The van der Waals surface area contributed by atoms with Gasteiger partial charge in [0.15, 0.2) is 0 Å². The van der Waals surface area contributed by atoms with Crippen LogP contribution in [0.25, 0.3) is 11.3 Å². The van der Waals surface area contributed by atoms with Crippen LogP contribution < -0.4 is 11.1 Å². The van der Waals surface area contributed by atoms with E-state index in [0.717, 1.165) is 28.3 Å². The lowest BCUT2D eigenvalue weighted by Crippen LogP contribution is -2.16. The molecule has 0 saturated carbocycles. The maximum atomic E-state index is 6.09. The summed E-state index contributed by atoms with van der Waals surface area (Å²) in [4.78, 5) is 13.4. The van der Waals surface area contributed by atoms with E-state index in [-0.39, 0.29) is 6.04 Å². The van der Waals surface area contributed by atoms with Crippen LogP contribution in [0.2, 0.25) is 0 Å². The second kappa shape index (κ2) is 7.43. The Labute approximate surface area is 162 Å². The SMILES string of the molecule is Cc1nnn(C)c1-c1cc(N)nc(NC(c2ccccn2)c2ccccn2)c1. The third-order valence-electron chi connectivity index (χ3n) is 4.37. The zero-order valence-electron chi connectivity index (χ0n) is 15.6. The third-order valence-corrected chi connectivity index (χ3v) is 4.37. The maximum absolute atomic E-state index is 6.09. The van der Waals surface area contributed by atoms with E-state index in [1.807, 2.05) is 62.5 Å². The Hall–Kier alpha value is -3.81. The number of nitrogen functional groups attached to an aromatic ring is 1. The van der Waals surface area contributed by atoms with Crippen molar-refractivity contribution in [2.24, 2.45) is 7.05 Å². The van der Waals surface area contributed by atoms with E-state index >= 15 is 0 Å². The van der Waals surface area contributed by atoms with Crippen molar-refractivity contribution < 1.29 is 0 Å². The van der Waals surface area contributed by atoms with Gasteiger partial charge in [-0.05, 0) is 43.3 Å². The van der Waals surface area contributed by atoms with Crippen LogP contribution in [0.4, 0.5) is 11.6 Å². The zero-order chi connectivity index (χ0) is 19.5. The van der Waals surface area contributed by atoms with Gasteiger partial charge in [0.05, 0.1) is 22.8 Å². The molecule has 4 rings (SSSR count). The van der Waals surface area contributed by atoms with E-state index in [4.69, 9.17) is 5.73 Å². The molecular formula is C20H20N8. The van der Waals surface area contributed by atoms with Crippen LogP contribution in [0.3, 0.4) is 0 Å². The first-order valence-corrected chi connectivity index (χ1v) is 8.84. The van der Waals surface area contributed by atoms with Gasteiger partial charge in [0.25, 0.3) is 0 Å². The summed E-state index contributed by atoms with van der Waals surface area (Å²) in [5.41, 5.74) is 10.4. The summed E-state index contributed by atoms with van der Waals surface area (Å²) in [5, 5.41) is 11.6. The first-order chi connectivity index (χ1) is 13.6. The van der Waals surface area contributed by atoms with Gasteiger partial charge < -0.3 is 11.1 Å². The maximum Gasteiger partial charge on any atom is 0.129 e. The molecule has 0 unspecified atom stereocenters. The fourth-order valence-corrected chi connectivity index (χ4v) is 3.16. The summed E-state index contributed by atoms with van der Waals surface area (Å²) in [7, 11) is 1.85. The van der Waals surface area contributed by atoms with Crippen LogP contribution in [-0.2, 0) is 7.05 Å². The number of aryl methyl sites for hydroxylation is 2. The van der Waals surface area contributed by atoms with Crippen molar-refractivity contribution >= 4 is 11.6 Å². The topological polar surface area (TPSA) is 107 Å². The minimum absolute atomic E-state index is 0.268. The van der Waals surface area contributed by atoms with Gasteiger partial charge in [0.1, 0.15) is 17.7 Å². The number of anilines is 2. The molecular weight excluding hydrogens is 352 g/mol. The lowest BCUT2D eigenvalue weighted by Gasteiger charge is -2.19. The van der Waals surface area contributed by atoms with Gasteiger partial charge in [-0.1, -0.05) is 17.3 Å². The molecule has 0 bridgehead atoms. The molecule has 0 aromatic carbocycles. The molecule has 0 saturated heterocycles. The second-order valence-corrected chi connectivity index (χ2v) is 6.40. The normalized spacial score (nSPS) is 11.0. The van der Waals surface area contributed by atoms with E-state index < -0.39 is 0 Å². The number of nitrogens with zero attached hydrogens (tertiary/aromatic N) is 6. The Kier molecular flexibility index (Phi) is 4.67. The third kappa shape index (κ3) is 3.52. The van der Waals surface area contributed by atoms with Crippen LogP contribution in [-0.4, -0.2) is 29.9 Å². The highest BCUT2D eigenvalue weighted by molar-refractivity contribution is 5.68. The Bertz CT molecular complexity index is 1020. The summed E-state index contributed by atoms with van der Waals surface area (Å²) in [5.74, 6) is 1.03. The molecule has 3 N–H and O–H groups in total. The highest BCUT2D eigenvalue weighted by Crippen LogP contribution is 2.28. The number of hydrogen-bond donors (Lipinski definition) is 2. The fraction of sp³-hybridized carbons (Fsp3) is 0.150. The van der Waals surface area contributed by atoms with Gasteiger partial charge in [-0.15, -0.1) is 5.10 Å². The highest BCUT2D eigenvalue weighted by Gasteiger charge is 2.18. The Morgan fingerprint density at radius 1 is 1.00 bits per heavy atom. The standard InChI is InChI=1S/C20H20N8/c1-13-20(28(2)27-26-13)14-11-17(21)24-18(12-14)25-19(15-7-3-5-9-22-15)16-8-4-6-10-23-16/h3-12,19H,1-2H3,(H3,21,24,25). The summed E-state index contributed by atoms with van der Waals surface area (Å²) >= 11 is 0. The second-order valence-electron chi connectivity index (χ2n) is 6.40. The van der Waals surface area contributed by atoms with Crippen molar-refractivity contribution in [1.82, 2.24) is 29.9 Å². The molecule has 0 aliphatic rings. The Morgan fingerprint density at radius 2 is 1.68 bits per heavy atom. The molecule has 0 amide bonds. The average molecular weight is 372 g/mol. The molecule has 0 atom stereocenters. The molecule has 28 heavy (non-hydrogen) atoms. The smallest absolute Gasteiger partial charge is 0.129 e. The summed E-state index contributed by atoms with van der Waals surface area (Å²) in [6, 6.07) is 15.0. The van der Waals surface area contributed by atoms with Crippen LogP contribution in [0.15, 0.2) is 60.9 Å². The number of aromatic nitrogens is 6. The highest BCUT2D eigenvalue weighted by atomic mass is 15.4. The number of nitrogens with two attached hydrogens (primary N) is 1. The van der Waals surface area contributed by atoms with Crippen molar-refractivity contribution in [3.63, 3.8) is 0 Å². The van der Waals surface area contributed by atoms with Gasteiger partial charge in [-0.25, -0.2) is 9.67 Å². The summed E-state index contributed by atoms with van der Waals surface area (Å²) < 4.78 is 1.73. The predicted octanol–water partition coefficient (Wildman–Crippen LogP) is 2.76. The molecule has 8 heteroatoms. The zero-order valence-corrected chi connectivity index (χ0v) is 15.6. The summed E-state index contributed by atoms with van der Waals surface area (Å²) in [6.07, 6.45) is 3.52. The Morgan fingerprint density at radius 3 is 2.21 bits per heavy atom. The lowest BCUT2D eigenvalue weighted by molar-refractivity contribution is 0.719. The minimum Gasteiger partial charge on any atom is -0.384 e. The number of pyridine rings is 3. The largest absolute Gasteiger partial charge is 0.384 e. The first-order valence-electron chi connectivity index (χ1n) is 8.84. The fourth-order valence-electron chi connectivity index (χ4n) is 3.16. The van der Waals surface area contributed by atoms with Crippen LogP contribution in [0.5, 0.6) is 0 Å². The molecule has 4 aromatic heterocycles. The quantitative estimate of drug-likeness (QED) is 0.554. The van der Waals surface area contributed by atoms with Crippen molar-refractivity contribution in [2.75, 3.05) is 11.1 Å². The van der Waals surface area contributed by atoms with E-state index in [2.05, 4.69) is 30.6 Å². The van der Waals surface area contributed by atoms with Crippen molar-refractivity contribution in [2.45, 2.75) is 13.0 Å². The van der Waals surface area contributed by atoms with Gasteiger partial charge in [-0.2, -0.15) is 0 Å². The van der Waals surface area contributed by atoms with Crippen LogP contribution in [0, 0.1) is 6.92 Å². The van der Waals surface area contributed by atoms with Crippen LogP contribution >= 0.6 is 0 Å². The molecule has 0 aliphatic carbocycles. The molecule has 0 spiro atoms. The molecule has 4 heterocycles. The van der Waals surface area contributed by atoms with E-state index in [1.165, 1.54) is 0 Å². The number of rotatable bonds is 5. The molecule has 0 aliphatic heterocycles. The van der Waals surface area contributed by atoms with E-state index in [0.29, 0.717) is 11.6 Å². The monoisotopic (exact) mass is 372 g/mol. The summed E-state index contributed by atoms with van der Waals surface area (Å²) in [6.45, 7) is 1.91. The number of hydrogen-bond acceptors (Lipinski definition) is 7. The lowest BCUT2D eigenvalue weighted by atomic mass is 10.1. The minimum atomic E-state index is -0.268. The molecule has 140 valence electrons. The van der Waals surface area contributed by atoms with Crippen LogP contribution in [0.1, 0.15) is 23.1 Å². The molecule has 0 fully saturated rings. The van der Waals surface area contributed by atoms with Gasteiger partial charge in [0.2, 0.25) is 0 Å². The molecule has 8 nitrogen and oxygen atoms in total. The van der Waals surface area contributed by atoms with Gasteiger partial charge in [-0.3, -0.25) is 9.97 Å². The van der Waals surface area contributed by atoms with Gasteiger partial charge in [0, 0.05) is 25.0 Å². The van der Waals surface area contributed by atoms with E-state index in [9.17, 15) is 0 Å². The van der Waals surface area contributed by atoms with E-state index in [1.54, 1.807) is 17.1 Å². The number of nitrogens with one attached hydrogen (secondary N) is 1. The molecule has 0 radical (unpaired) electrons. The van der Waals surface area contributed by atoms with Crippen molar-refractivity contribution in [1.29, 1.82) is 0 Å². The average Bonchev–Trinajstić information content (AvgIpc) is 3.05. The van der Waals surface area contributed by atoms with Crippen molar-refractivity contribution in [3.05, 3.63) is 78.0 Å². The molecule has 4 aromatic rings. The first kappa shape index (κ1) is 17.6. The van der Waals surface area contributed by atoms with Gasteiger partial charge >= 0.3 is 0 Å².